The number of benzene rings is 2. The summed E-state index contributed by atoms with van der Waals surface area (Å²) in [4.78, 5) is 14.4. The molecule has 88 valence electrons. The summed E-state index contributed by atoms with van der Waals surface area (Å²) in [5, 5.41) is 1.21. The molecule has 0 aliphatic heterocycles. The van der Waals surface area contributed by atoms with E-state index < -0.39 is 0 Å². The molecule has 0 spiro atoms. The summed E-state index contributed by atoms with van der Waals surface area (Å²) in [5.41, 5.74) is 4.15. The fraction of sp³-hybridized carbons (Fsp3) is 0.0625. The van der Waals surface area contributed by atoms with E-state index >= 15 is 0 Å². The molecule has 1 heterocycles. The number of hydrogen-bond donors (Lipinski definition) is 1. The van der Waals surface area contributed by atoms with Gasteiger partial charge in [0.25, 0.3) is 0 Å². The van der Waals surface area contributed by atoms with Crippen molar-refractivity contribution in [1.29, 1.82) is 0 Å². The lowest BCUT2D eigenvalue weighted by atomic mass is 10.0. The van der Waals surface area contributed by atoms with Gasteiger partial charge in [-0.1, -0.05) is 36.4 Å². The van der Waals surface area contributed by atoms with Gasteiger partial charge < -0.3 is 4.98 Å². The third kappa shape index (κ3) is 1.82. The van der Waals surface area contributed by atoms with Crippen molar-refractivity contribution in [2.24, 2.45) is 0 Å². The van der Waals surface area contributed by atoms with Crippen LogP contribution in [0.4, 0.5) is 0 Å². The Hall–Kier alpha value is -2.35. The van der Waals surface area contributed by atoms with Gasteiger partial charge in [-0.2, -0.15) is 0 Å². The molecule has 0 aliphatic carbocycles. The molecule has 1 aromatic heterocycles. The van der Waals surface area contributed by atoms with Gasteiger partial charge in [0, 0.05) is 17.3 Å². The van der Waals surface area contributed by atoms with Crippen molar-refractivity contribution in [1.82, 2.24) is 4.98 Å². The van der Waals surface area contributed by atoms with Gasteiger partial charge in [-0.05, 0) is 35.6 Å². The molecule has 1 N–H and O–H groups in total. The van der Waals surface area contributed by atoms with Crippen LogP contribution < -0.4 is 0 Å². The van der Waals surface area contributed by atoms with Gasteiger partial charge in [-0.3, -0.25) is 4.79 Å². The standard InChI is InChI=1S/C16H13NO/c1-11(18)12-2-4-13(5-3-12)15-7-6-14-8-9-17-16(14)10-15/h2-10,17H,1H3. The van der Waals surface area contributed by atoms with Crippen LogP contribution in [0.3, 0.4) is 0 Å². The number of aromatic nitrogens is 1. The third-order valence-electron chi connectivity index (χ3n) is 3.18. The van der Waals surface area contributed by atoms with Crippen molar-refractivity contribution < 1.29 is 4.79 Å². The Kier molecular flexibility index (Phi) is 2.49. The van der Waals surface area contributed by atoms with E-state index in [1.54, 1.807) is 6.92 Å². The van der Waals surface area contributed by atoms with Gasteiger partial charge in [0.05, 0.1) is 0 Å². The second-order valence-corrected chi connectivity index (χ2v) is 4.41. The SMILES string of the molecule is CC(=O)c1ccc(-c2ccc3cc[nH]c3c2)cc1. The minimum absolute atomic E-state index is 0.0985. The van der Waals surface area contributed by atoms with Crippen molar-refractivity contribution in [2.45, 2.75) is 6.92 Å². The Morgan fingerprint density at radius 2 is 1.67 bits per heavy atom. The quantitative estimate of drug-likeness (QED) is 0.668. The van der Waals surface area contributed by atoms with Crippen molar-refractivity contribution >= 4 is 16.7 Å². The second kappa shape index (κ2) is 4.15. The fourth-order valence-electron chi connectivity index (χ4n) is 2.12. The molecule has 2 heteroatoms. The van der Waals surface area contributed by atoms with Crippen molar-refractivity contribution in [3.8, 4) is 11.1 Å². The molecule has 0 fully saturated rings. The number of Topliss-reactive ketones (excluding diaryl/α,β-unsaturated/α-hetero) is 1. The van der Waals surface area contributed by atoms with E-state index in [1.807, 2.05) is 30.5 Å². The maximum absolute atomic E-state index is 11.2. The van der Waals surface area contributed by atoms with E-state index in [0.29, 0.717) is 0 Å². The highest BCUT2D eigenvalue weighted by Crippen LogP contribution is 2.24. The molecule has 0 amide bonds. The van der Waals surface area contributed by atoms with Crippen LogP contribution in [-0.2, 0) is 0 Å². The molecule has 0 aliphatic rings. The Morgan fingerprint density at radius 1 is 0.944 bits per heavy atom. The van der Waals surface area contributed by atoms with Crippen LogP contribution in [-0.4, -0.2) is 10.8 Å². The van der Waals surface area contributed by atoms with Crippen LogP contribution in [0.5, 0.6) is 0 Å². The van der Waals surface area contributed by atoms with Crippen LogP contribution >= 0.6 is 0 Å². The molecule has 0 atom stereocenters. The molecule has 0 radical (unpaired) electrons. The van der Waals surface area contributed by atoms with Crippen LogP contribution in [0.25, 0.3) is 22.0 Å². The van der Waals surface area contributed by atoms with Gasteiger partial charge in [0.1, 0.15) is 0 Å². The van der Waals surface area contributed by atoms with E-state index in [4.69, 9.17) is 0 Å². The summed E-state index contributed by atoms with van der Waals surface area (Å²) in [7, 11) is 0. The van der Waals surface area contributed by atoms with E-state index in [2.05, 4.69) is 29.2 Å². The fourth-order valence-corrected chi connectivity index (χ4v) is 2.12. The first-order chi connectivity index (χ1) is 8.74. The highest BCUT2D eigenvalue weighted by molar-refractivity contribution is 5.94. The zero-order valence-corrected chi connectivity index (χ0v) is 10.1. The Balaban J connectivity index is 2.05. The zero-order chi connectivity index (χ0) is 12.5. The van der Waals surface area contributed by atoms with Crippen LogP contribution in [0.1, 0.15) is 17.3 Å². The normalized spacial score (nSPS) is 10.7. The summed E-state index contributed by atoms with van der Waals surface area (Å²) >= 11 is 0. The number of ketones is 1. The number of hydrogen-bond acceptors (Lipinski definition) is 1. The van der Waals surface area contributed by atoms with Gasteiger partial charge in [-0.15, -0.1) is 0 Å². The van der Waals surface area contributed by atoms with Crippen molar-refractivity contribution in [2.75, 3.05) is 0 Å². The molecule has 3 aromatic rings. The minimum atomic E-state index is 0.0985. The number of fused-ring (bicyclic) bond motifs is 1. The lowest BCUT2D eigenvalue weighted by Gasteiger charge is -2.03. The van der Waals surface area contributed by atoms with Crippen LogP contribution in [0.15, 0.2) is 54.7 Å². The number of rotatable bonds is 2. The predicted octanol–water partition coefficient (Wildman–Crippen LogP) is 4.04. The zero-order valence-electron chi connectivity index (χ0n) is 10.1. The molecule has 2 aromatic carbocycles. The average Bonchev–Trinajstić information content (AvgIpc) is 2.86. The van der Waals surface area contributed by atoms with Gasteiger partial charge in [0.15, 0.2) is 5.78 Å². The number of aromatic amines is 1. The smallest absolute Gasteiger partial charge is 0.159 e. The molecule has 18 heavy (non-hydrogen) atoms. The lowest BCUT2D eigenvalue weighted by molar-refractivity contribution is 0.101. The minimum Gasteiger partial charge on any atom is -0.361 e. The first-order valence-corrected chi connectivity index (χ1v) is 5.92. The van der Waals surface area contributed by atoms with Gasteiger partial charge in [0.2, 0.25) is 0 Å². The number of carbonyl (C=O) groups excluding carboxylic acids is 1. The Morgan fingerprint density at radius 3 is 2.39 bits per heavy atom. The molecule has 0 bridgehead atoms. The summed E-state index contributed by atoms with van der Waals surface area (Å²) in [6, 6.07) is 16.1. The maximum Gasteiger partial charge on any atom is 0.159 e. The molecular formula is C16H13NO. The van der Waals surface area contributed by atoms with Gasteiger partial charge in [-0.25, -0.2) is 0 Å². The molecule has 0 saturated heterocycles. The van der Waals surface area contributed by atoms with Crippen LogP contribution in [0.2, 0.25) is 0 Å². The van der Waals surface area contributed by atoms with Gasteiger partial charge >= 0.3 is 0 Å². The summed E-state index contributed by atoms with van der Waals surface area (Å²) < 4.78 is 0. The second-order valence-electron chi connectivity index (χ2n) is 4.41. The lowest BCUT2D eigenvalue weighted by Crippen LogP contribution is -1.90. The molecule has 3 rings (SSSR count). The highest BCUT2D eigenvalue weighted by atomic mass is 16.1. The molecular weight excluding hydrogens is 222 g/mol. The first-order valence-electron chi connectivity index (χ1n) is 5.92. The topological polar surface area (TPSA) is 32.9 Å². The van der Waals surface area contributed by atoms with Crippen molar-refractivity contribution in [3.05, 3.63) is 60.3 Å². The number of H-pyrrole nitrogens is 1. The number of nitrogens with one attached hydrogen (secondary N) is 1. The van der Waals surface area contributed by atoms with E-state index in [1.165, 1.54) is 5.39 Å². The molecule has 0 unspecified atom stereocenters. The summed E-state index contributed by atoms with van der Waals surface area (Å²) in [6.45, 7) is 1.58. The summed E-state index contributed by atoms with van der Waals surface area (Å²) in [5.74, 6) is 0.0985. The Bertz CT molecular complexity index is 707. The average molecular weight is 235 g/mol. The summed E-state index contributed by atoms with van der Waals surface area (Å²) in [6.07, 6.45) is 1.94. The largest absolute Gasteiger partial charge is 0.361 e. The highest BCUT2D eigenvalue weighted by Gasteiger charge is 2.02. The first kappa shape index (κ1) is 10.8. The maximum atomic E-state index is 11.2. The third-order valence-corrected chi connectivity index (χ3v) is 3.18. The number of carbonyl (C=O) groups is 1. The molecule has 2 nitrogen and oxygen atoms in total. The predicted molar refractivity (Wildman–Crippen MR) is 73.7 cm³/mol. The molecule has 0 saturated carbocycles. The van der Waals surface area contributed by atoms with Crippen LogP contribution in [0, 0.1) is 0 Å². The monoisotopic (exact) mass is 235 g/mol. The van der Waals surface area contributed by atoms with E-state index in [-0.39, 0.29) is 5.78 Å². The van der Waals surface area contributed by atoms with Crippen molar-refractivity contribution in [3.63, 3.8) is 0 Å². The van der Waals surface area contributed by atoms with E-state index in [9.17, 15) is 4.79 Å². The van der Waals surface area contributed by atoms with E-state index in [0.717, 1.165) is 22.2 Å². The Labute approximate surface area is 105 Å².